The Bertz CT molecular complexity index is 1480. The molecule has 0 aromatic heterocycles. The first-order valence-electron chi connectivity index (χ1n) is 14.3. The van der Waals surface area contributed by atoms with Crippen molar-refractivity contribution in [2.24, 2.45) is 11.8 Å². The minimum atomic E-state index is -0.562. The zero-order valence-electron chi connectivity index (χ0n) is 22.7. The lowest BCUT2D eigenvalue weighted by molar-refractivity contribution is -0.000834. The van der Waals surface area contributed by atoms with Crippen LogP contribution in [0.3, 0.4) is 0 Å². The largest absolute Gasteiger partial charge is 0.494 e. The van der Waals surface area contributed by atoms with Crippen molar-refractivity contribution in [3.05, 3.63) is 82.4 Å². The number of nitrogens with one attached hydrogen (secondary N) is 1. The number of hydrogen-bond donors (Lipinski definition) is 2. The van der Waals surface area contributed by atoms with Gasteiger partial charge in [-0.1, -0.05) is 49.9 Å². The van der Waals surface area contributed by atoms with E-state index >= 15 is 0 Å². The van der Waals surface area contributed by atoms with Crippen LogP contribution in [0.2, 0.25) is 0 Å². The molecule has 3 N–H and O–H groups in total. The van der Waals surface area contributed by atoms with Crippen LogP contribution in [0, 0.1) is 11.8 Å². The highest BCUT2D eigenvalue weighted by Crippen LogP contribution is 2.43. The van der Waals surface area contributed by atoms with E-state index in [0.717, 1.165) is 25.2 Å². The third-order valence-corrected chi connectivity index (χ3v) is 8.67. The molecule has 0 spiro atoms. The summed E-state index contributed by atoms with van der Waals surface area (Å²) in [6, 6.07) is 15.5. The summed E-state index contributed by atoms with van der Waals surface area (Å²) in [6.45, 7) is 2.46. The molecule has 2 saturated carbocycles. The number of benzene rings is 3. The maximum atomic E-state index is 13.7. The summed E-state index contributed by atoms with van der Waals surface area (Å²) in [7, 11) is 0. The standard InChI is InChI=1S/C33H34N2O5/c1-2-39-22-15-12-21(13-16-22)35-27-18-26(33(38)40-23-14-11-19-7-3-4-8-20(19)17-23)30(34)29-28(27)31(36)24-9-5-6-10-25(24)32(29)37/h5-6,9-10,12-13,15-16,18-20,23,35H,2-4,7-8,11,14,17,34H2,1H3. The first-order valence-corrected chi connectivity index (χ1v) is 14.3. The molecule has 3 unspecified atom stereocenters. The average molecular weight is 539 g/mol. The van der Waals surface area contributed by atoms with Crippen molar-refractivity contribution in [3.8, 4) is 5.75 Å². The number of esters is 1. The maximum Gasteiger partial charge on any atom is 0.340 e. The van der Waals surface area contributed by atoms with Crippen LogP contribution in [0.1, 0.15) is 94.1 Å². The molecule has 7 heteroatoms. The SMILES string of the molecule is CCOc1ccc(Nc2cc(C(=O)OC3CCC4CCCCC4C3)c(N)c3c2C(=O)c2ccccc2C3=O)cc1. The number of rotatable bonds is 6. The fraction of sp³-hybridized carbons (Fsp3) is 0.364. The molecule has 40 heavy (non-hydrogen) atoms. The predicted octanol–water partition coefficient (Wildman–Crippen LogP) is 6.70. The van der Waals surface area contributed by atoms with Gasteiger partial charge in [0.05, 0.1) is 34.7 Å². The van der Waals surface area contributed by atoms with Crippen LogP contribution in [0.15, 0.2) is 54.6 Å². The molecule has 3 aromatic rings. The molecule has 6 rings (SSSR count). The van der Waals surface area contributed by atoms with E-state index in [-0.39, 0.29) is 45.6 Å². The molecular formula is C33H34N2O5. The summed E-state index contributed by atoms with van der Waals surface area (Å²) in [5, 5.41) is 3.25. The monoisotopic (exact) mass is 538 g/mol. The van der Waals surface area contributed by atoms with Gasteiger partial charge in [0.25, 0.3) is 0 Å². The van der Waals surface area contributed by atoms with Gasteiger partial charge >= 0.3 is 5.97 Å². The molecule has 206 valence electrons. The van der Waals surface area contributed by atoms with E-state index in [0.29, 0.717) is 35.2 Å². The third-order valence-electron chi connectivity index (χ3n) is 8.67. The molecule has 2 fully saturated rings. The summed E-state index contributed by atoms with van der Waals surface area (Å²) in [5.74, 6) is 0.772. The number of carbonyl (C=O) groups is 3. The smallest absolute Gasteiger partial charge is 0.340 e. The number of ether oxygens (including phenoxy) is 2. The molecule has 3 aliphatic rings. The van der Waals surface area contributed by atoms with Gasteiger partial charge in [-0.05, 0) is 68.4 Å². The second-order valence-corrected chi connectivity index (χ2v) is 11.1. The van der Waals surface area contributed by atoms with Gasteiger partial charge in [-0.15, -0.1) is 0 Å². The topological polar surface area (TPSA) is 108 Å². The molecule has 0 heterocycles. The zero-order valence-corrected chi connectivity index (χ0v) is 22.7. The Balaban J connectivity index is 1.37. The Labute approximate surface area is 234 Å². The zero-order chi connectivity index (χ0) is 27.8. The Morgan fingerprint density at radius 3 is 2.27 bits per heavy atom. The van der Waals surface area contributed by atoms with Crippen molar-refractivity contribution < 1.29 is 23.9 Å². The minimum absolute atomic E-state index is 0.0172. The fourth-order valence-electron chi connectivity index (χ4n) is 6.69. The Morgan fingerprint density at radius 1 is 0.900 bits per heavy atom. The summed E-state index contributed by atoms with van der Waals surface area (Å²) >= 11 is 0. The van der Waals surface area contributed by atoms with Crippen LogP contribution in [0.25, 0.3) is 0 Å². The van der Waals surface area contributed by atoms with Crippen molar-refractivity contribution in [1.82, 2.24) is 0 Å². The van der Waals surface area contributed by atoms with Crippen molar-refractivity contribution in [3.63, 3.8) is 0 Å². The molecule has 7 nitrogen and oxygen atoms in total. The number of fused-ring (bicyclic) bond motifs is 3. The van der Waals surface area contributed by atoms with Gasteiger partial charge < -0.3 is 20.5 Å². The van der Waals surface area contributed by atoms with E-state index in [4.69, 9.17) is 15.2 Å². The number of hydrogen-bond acceptors (Lipinski definition) is 7. The van der Waals surface area contributed by atoms with E-state index in [9.17, 15) is 14.4 Å². The van der Waals surface area contributed by atoms with E-state index in [1.165, 1.54) is 25.7 Å². The van der Waals surface area contributed by atoms with Crippen LogP contribution in [-0.2, 0) is 4.74 Å². The fourth-order valence-corrected chi connectivity index (χ4v) is 6.69. The first kappa shape index (κ1) is 26.1. The van der Waals surface area contributed by atoms with Crippen molar-refractivity contribution in [2.45, 2.75) is 58.0 Å². The Morgan fingerprint density at radius 2 is 1.57 bits per heavy atom. The third kappa shape index (κ3) is 4.74. The first-order chi connectivity index (χ1) is 19.4. The highest BCUT2D eigenvalue weighted by atomic mass is 16.5. The molecule has 3 atom stereocenters. The lowest BCUT2D eigenvalue weighted by atomic mass is 9.70. The lowest BCUT2D eigenvalue weighted by Gasteiger charge is -2.38. The second-order valence-electron chi connectivity index (χ2n) is 11.1. The molecule has 0 amide bonds. The molecule has 0 aliphatic heterocycles. The summed E-state index contributed by atoms with van der Waals surface area (Å²) in [5.41, 5.74) is 8.41. The number of nitrogen functional groups attached to an aromatic ring is 1. The van der Waals surface area contributed by atoms with Gasteiger partial charge in [-0.2, -0.15) is 0 Å². The van der Waals surface area contributed by atoms with Crippen LogP contribution in [-0.4, -0.2) is 30.2 Å². The van der Waals surface area contributed by atoms with Crippen LogP contribution in [0.4, 0.5) is 17.1 Å². The van der Waals surface area contributed by atoms with Gasteiger partial charge in [0.2, 0.25) is 0 Å². The molecule has 0 saturated heterocycles. The van der Waals surface area contributed by atoms with Crippen molar-refractivity contribution in [1.29, 1.82) is 0 Å². The van der Waals surface area contributed by atoms with Gasteiger partial charge in [-0.25, -0.2) is 4.79 Å². The van der Waals surface area contributed by atoms with Gasteiger partial charge in [-0.3, -0.25) is 9.59 Å². The molecule has 3 aliphatic carbocycles. The number of ketones is 2. The Hall–Kier alpha value is -4.13. The minimum Gasteiger partial charge on any atom is -0.494 e. The highest BCUT2D eigenvalue weighted by molar-refractivity contribution is 6.32. The van der Waals surface area contributed by atoms with Crippen LogP contribution < -0.4 is 15.8 Å². The number of anilines is 3. The van der Waals surface area contributed by atoms with Crippen molar-refractivity contribution >= 4 is 34.6 Å². The second kappa shape index (κ2) is 10.8. The normalized spacial score (nSPS) is 21.6. The average Bonchev–Trinajstić information content (AvgIpc) is 2.97. The summed E-state index contributed by atoms with van der Waals surface area (Å²) < 4.78 is 11.6. The van der Waals surface area contributed by atoms with Gasteiger partial charge in [0, 0.05) is 16.8 Å². The number of nitrogens with two attached hydrogens (primary N) is 1. The quantitative estimate of drug-likeness (QED) is 0.208. The molecule has 0 bridgehead atoms. The van der Waals surface area contributed by atoms with E-state index in [2.05, 4.69) is 5.32 Å². The highest BCUT2D eigenvalue weighted by Gasteiger charge is 2.37. The van der Waals surface area contributed by atoms with E-state index in [1.54, 1.807) is 30.3 Å². The number of carbonyl (C=O) groups excluding carboxylic acids is 3. The van der Waals surface area contributed by atoms with E-state index in [1.807, 2.05) is 31.2 Å². The predicted molar refractivity (Wildman–Crippen MR) is 154 cm³/mol. The van der Waals surface area contributed by atoms with Crippen LogP contribution in [0.5, 0.6) is 5.75 Å². The molecule has 3 aromatic carbocycles. The van der Waals surface area contributed by atoms with Gasteiger partial charge in [0.15, 0.2) is 11.6 Å². The van der Waals surface area contributed by atoms with Gasteiger partial charge in [0.1, 0.15) is 11.9 Å². The maximum absolute atomic E-state index is 13.7. The molecular weight excluding hydrogens is 504 g/mol. The van der Waals surface area contributed by atoms with Crippen molar-refractivity contribution in [2.75, 3.05) is 17.7 Å². The summed E-state index contributed by atoms with van der Waals surface area (Å²) in [4.78, 5) is 41.0. The lowest BCUT2D eigenvalue weighted by Crippen LogP contribution is -2.33. The summed E-state index contributed by atoms with van der Waals surface area (Å²) in [6.07, 6.45) is 7.56. The van der Waals surface area contributed by atoms with E-state index < -0.39 is 5.97 Å². The molecule has 0 radical (unpaired) electrons. The Kier molecular flexibility index (Phi) is 7.05. The van der Waals surface area contributed by atoms with Crippen LogP contribution >= 0.6 is 0 Å².